The van der Waals surface area contributed by atoms with Crippen molar-refractivity contribution in [3.8, 4) is 11.5 Å². The van der Waals surface area contributed by atoms with Crippen LogP contribution in [-0.4, -0.2) is 46.9 Å². The number of piperazine rings is 1. The molecule has 7 nitrogen and oxygen atoms in total. The van der Waals surface area contributed by atoms with E-state index in [2.05, 4.69) is 15.6 Å². The molecule has 1 aromatic heterocycles. The predicted octanol–water partition coefficient (Wildman–Crippen LogP) is 1.80. The molecule has 0 spiro atoms. The summed E-state index contributed by atoms with van der Waals surface area (Å²) in [5.41, 5.74) is 1.85. The van der Waals surface area contributed by atoms with Crippen LogP contribution in [0, 0.1) is 5.92 Å². The van der Waals surface area contributed by atoms with E-state index in [0.29, 0.717) is 25.5 Å². The minimum atomic E-state index is -0.491. The highest BCUT2D eigenvalue weighted by Gasteiger charge is 2.36. The molecule has 144 valence electrons. The zero-order chi connectivity index (χ0) is 19.4. The maximum atomic E-state index is 12.7. The summed E-state index contributed by atoms with van der Waals surface area (Å²) in [5, 5.41) is 6.19. The summed E-state index contributed by atoms with van der Waals surface area (Å²) in [4.78, 5) is 31.1. The van der Waals surface area contributed by atoms with Gasteiger partial charge < -0.3 is 20.0 Å². The number of oxazole rings is 1. The second-order valence-corrected chi connectivity index (χ2v) is 7.18. The molecule has 7 heteroatoms. The largest absolute Gasteiger partial charge is 0.445 e. The molecule has 3 rings (SSSR count). The van der Waals surface area contributed by atoms with Crippen molar-refractivity contribution in [1.82, 2.24) is 20.5 Å². The van der Waals surface area contributed by atoms with E-state index in [4.69, 9.17) is 4.42 Å². The smallest absolute Gasteiger partial charge is 0.244 e. The van der Waals surface area contributed by atoms with E-state index in [0.717, 1.165) is 11.1 Å². The molecule has 1 saturated heterocycles. The molecule has 0 unspecified atom stereocenters. The predicted molar refractivity (Wildman–Crippen MR) is 102 cm³/mol. The molecule has 2 N–H and O–H groups in total. The number of nitrogens with one attached hydrogen (secondary N) is 2. The summed E-state index contributed by atoms with van der Waals surface area (Å²) in [6, 6.07) is 7.18. The van der Waals surface area contributed by atoms with Crippen LogP contribution in [0.25, 0.3) is 11.5 Å². The van der Waals surface area contributed by atoms with Gasteiger partial charge in [0.25, 0.3) is 0 Å². The third-order valence-corrected chi connectivity index (χ3v) is 4.74. The number of hydrogen-bond donors (Lipinski definition) is 2. The maximum Gasteiger partial charge on any atom is 0.244 e. The quantitative estimate of drug-likeness (QED) is 0.838. The number of hydrogen-bond acceptors (Lipinski definition) is 5. The van der Waals surface area contributed by atoms with Crippen LogP contribution in [0.5, 0.6) is 0 Å². The first-order chi connectivity index (χ1) is 13.0. The molecule has 1 fully saturated rings. The van der Waals surface area contributed by atoms with Crippen molar-refractivity contribution in [2.45, 2.75) is 39.4 Å². The van der Waals surface area contributed by atoms with E-state index in [9.17, 15) is 9.59 Å². The Hall–Kier alpha value is -2.67. The first kappa shape index (κ1) is 19.1. The number of carbonyl (C=O) groups is 2. The number of benzene rings is 1. The van der Waals surface area contributed by atoms with E-state index in [1.165, 1.54) is 6.26 Å². The Morgan fingerprint density at radius 3 is 2.67 bits per heavy atom. The summed E-state index contributed by atoms with van der Waals surface area (Å²) in [6.07, 6.45) is 3.14. The van der Waals surface area contributed by atoms with Gasteiger partial charge in [-0.25, -0.2) is 4.98 Å². The van der Waals surface area contributed by atoms with E-state index < -0.39 is 6.04 Å². The molecular weight excluding hydrogens is 344 g/mol. The van der Waals surface area contributed by atoms with Gasteiger partial charge >= 0.3 is 0 Å². The molecule has 1 aliphatic rings. The summed E-state index contributed by atoms with van der Waals surface area (Å²) in [7, 11) is 0. The number of amides is 2. The fraction of sp³-hybridized carbons (Fsp3) is 0.450. The third kappa shape index (κ3) is 4.36. The lowest BCUT2D eigenvalue weighted by atomic mass is 10.0. The second kappa shape index (κ2) is 8.35. The Bertz CT molecular complexity index is 771. The minimum absolute atomic E-state index is 0.00974. The van der Waals surface area contributed by atoms with E-state index >= 15 is 0 Å². The summed E-state index contributed by atoms with van der Waals surface area (Å²) >= 11 is 0. The Balaban J connectivity index is 1.63. The van der Waals surface area contributed by atoms with Gasteiger partial charge in [-0.1, -0.05) is 26.0 Å². The molecule has 2 heterocycles. The molecule has 0 aliphatic carbocycles. The van der Waals surface area contributed by atoms with Gasteiger partial charge in [0.05, 0.1) is 6.20 Å². The standard InChI is InChI=1S/C20H26N4O3/c1-13(2)20(26)24-14(3)10-21-12-17(24)18(25)23-11-15-4-6-16(7-5-15)19-22-8-9-27-19/h4-9,13-14,17,21H,10-12H2,1-3H3,(H,23,25)/t14-,17-/m1/s1. The highest BCUT2D eigenvalue weighted by molar-refractivity contribution is 5.89. The van der Waals surface area contributed by atoms with Gasteiger partial charge in [-0.3, -0.25) is 9.59 Å². The van der Waals surface area contributed by atoms with Gasteiger partial charge in [-0.15, -0.1) is 0 Å². The van der Waals surface area contributed by atoms with Crippen LogP contribution in [0.4, 0.5) is 0 Å². The van der Waals surface area contributed by atoms with Crippen molar-refractivity contribution < 1.29 is 14.0 Å². The number of carbonyl (C=O) groups excluding carboxylic acids is 2. The van der Waals surface area contributed by atoms with Crippen LogP contribution in [0.1, 0.15) is 26.3 Å². The average Bonchev–Trinajstić information content (AvgIpc) is 3.20. The van der Waals surface area contributed by atoms with Crippen molar-refractivity contribution in [2.75, 3.05) is 13.1 Å². The van der Waals surface area contributed by atoms with Crippen LogP contribution in [0.3, 0.4) is 0 Å². The highest BCUT2D eigenvalue weighted by Crippen LogP contribution is 2.18. The molecule has 2 aromatic rings. The summed E-state index contributed by atoms with van der Waals surface area (Å²) in [6.45, 7) is 7.26. The van der Waals surface area contributed by atoms with Crippen LogP contribution < -0.4 is 10.6 Å². The Morgan fingerprint density at radius 1 is 1.30 bits per heavy atom. The monoisotopic (exact) mass is 370 g/mol. The van der Waals surface area contributed by atoms with E-state index in [1.54, 1.807) is 11.1 Å². The topological polar surface area (TPSA) is 87.5 Å². The lowest BCUT2D eigenvalue weighted by Crippen LogP contribution is -2.63. The summed E-state index contributed by atoms with van der Waals surface area (Å²) < 4.78 is 5.28. The minimum Gasteiger partial charge on any atom is -0.445 e. The van der Waals surface area contributed by atoms with Gasteiger partial charge in [0.1, 0.15) is 12.3 Å². The first-order valence-electron chi connectivity index (χ1n) is 9.26. The molecule has 0 bridgehead atoms. The van der Waals surface area contributed by atoms with Crippen LogP contribution in [-0.2, 0) is 16.1 Å². The van der Waals surface area contributed by atoms with E-state index in [1.807, 2.05) is 45.0 Å². The normalized spacial score (nSPS) is 19.9. The first-order valence-corrected chi connectivity index (χ1v) is 9.26. The number of nitrogens with zero attached hydrogens (tertiary/aromatic N) is 2. The fourth-order valence-electron chi connectivity index (χ4n) is 3.26. The lowest BCUT2D eigenvalue weighted by molar-refractivity contribution is -0.146. The molecule has 1 aromatic carbocycles. The zero-order valence-electron chi connectivity index (χ0n) is 15.9. The second-order valence-electron chi connectivity index (χ2n) is 7.18. The summed E-state index contributed by atoms with van der Waals surface area (Å²) in [5.74, 6) is 0.304. The third-order valence-electron chi connectivity index (χ3n) is 4.74. The van der Waals surface area contributed by atoms with Crippen LogP contribution >= 0.6 is 0 Å². The van der Waals surface area contributed by atoms with Gasteiger partial charge in [-0.2, -0.15) is 0 Å². The van der Waals surface area contributed by atoms with Crippen molar-refractivity contribution in [2.24, 2.45) is 5.92 Å². The van der Waals surface area contributed by atoms with Crippen molar-refractivity contribution in [1.29, 1.82) is 0 Å². The molecule has 1 aliphatic heterocycles. The van der Waals surface area contributed by atoms with Crippen molar-refractivity contribution >= 4 is 11.8 Å². The molecule has 2 atom stereocenters. The Labute approximate surface area is 159 Å². The SMILES string of the molecule is CC(C)C(=O)N1[C@H](C)CNC[C@@H]1C(=O)NCc1ccc(-c2ncco2)cc1. The maximum absolute atomic E-state index is 12.7. The van der Waals surface area contributed by atoms with Gasteiger partial charge in [0.15, 0.2) is 0 Å². The fourth-order valence-corrected chi connectivity index (χ4v) is 3.26. The molecule has 27 heavy (non-hydrogen) atoms. The van der Waals surface area contributed by atoms with Crippen molar-refractivity contribution in [3.63, 3.8) is 0 Å². The van der Waals surface area contributed by atoms with Crippen molar-refractivity contribution in [3.05, 3.63) is 42.3 Å². The Kier molecular flexibility index (Phi) is 5.91. The van der Waals surface area contributed by atoms with Gasteiger partial charge in [0, 0.05) is 37.2 Å². The molecule has 2 amide bonds. The number of aromatic nitrogens is 1. The van der Waals surface area contributed by atoms with E-state index in [-0.39, 0.29) is 23.8 Å². The highest BCUT2D eigenvalue weighted by atomic mass is 16.3. The molecular formula is C20H26N4O3. The van der Waals surface area contributed by atoms with Gasteiger partial charge in [0.2, 0.25) is 17.7 Å². The average molecular weight is 370 g/mol. The van der Waals surface area contributed by atoms with Crippen LogP contribution in [0.2, 0.25) is 0 Å². The zero-order valence-corrected chi connectivity index (χ0v) is 15.9. The number of rotatable bonds is 5. The van der Waals surface area contributed by atoms with Gasteiger partial charge in [-0.05, 0) is 24.6 Å². The Morgan fingerprint density at radius 2 is 2.04 bits per heavy atom. The lowest BCUT2D eigenvalue weighted by Gasteiger charge is -2.41. The molecule has 0 radical (unpaired) electrons. The van der Waals surface area contributed by atoms with Crippen LogP contribution in [0.15, 0.2) is 41.1 Å². The molecule has 0 saturated carbocycles.